The molecule has 106 valence electrons. The fourth-order valence-electron chi connectivity index (χ4n) is 1.71. The minimum Gasteiger partial charge on any atom is -0.439 e. The van der Waals surface area contributed by atoms with Crippen LogP contribution in [0.3, 0.4) is 0 Å². The van der Waals surface area contributed by atoms with Crippen LogP contribution < -0.4 is 10.1 Å². The van der Waals surface area contributed by atoms with Crippen LogP contribution in [-0.2, 0) is 6.42 Å². The van der Waals surface area contributed by atoms with Crippen molar-refractivity contribution in [2.45, 2.75) is 27.2 Å². The summed E-state index contributed by atoms with van der Waals surface area (Å²) in [6.45, 7) is 6.44. The highest BCUT2D eigenvalue weighted by Gasteiger charge is 2.07. The van der Waals surface area contributed by atoms with E-state index in [1.807, 2.05) is 13.8 Å². The number of nitrogens with zero attached hydrogens (tertiary/aromatic N) is 2. The highest BCUT2D eigenvalue weighted by Crippen LogP contribution is 2.23. The number of rotatable bonds is 5. The van der Waals surface area contributed by atoms with Crippen molar-refractivity contribution in [1.82, 2.24) is 9.97 Å². The average molecular weight is 275 g/mol. The molecule has 2 aromatic rings. The second kappa shape index (κ2) is 6.32. The monoisotopic (exact) mass is 275 g/mol. The second-order valence-electron chi connectivity index (χ2n) is 4.40. The topological polar surface area (TPSA) is 47.0 Å². The van der Waals surface area contributed by atoms with Crippen LogP contribution in [0.25, 0.3) is 0 Å². The Morgan fingerprint density at radius 3 is 2.65 bits per heavy atom. The van der Waals surface area contributed by atoms with Crippen molar-refractivity contribution in [1.29, 1.82) is 0 Å². The van der Waals surface area contributed by atoms with Crippen LogP contribution in [0.2, 0.25) is 0 Å². The third-order valence-electron chi connectivity index (χ3n) is 2.79. The molecule has 2 rings (SSSR count). The van der Waals surface area contributed by atoms with Gasteiger partial charge in [-0.1, -0.05) is 13.0 Å². The van der Waals surface area contributed by atoms with Crippen molar-refractivity contribution in [3.05, 3.63) is 41.5 Å². The number of anilines is 1. The van der Waals surface area contributed by atoms with Crippen LogP contribution in [0.4, 0.5) is 10.2 Å². The number of hydrogen-bond acceptors (Lipinski definition) is 4. The highest BCUT2D eigenvalue weighted by atomic mass is 19.1. The minimum absolute atomic E-state index is 0.292. The van der Waals surface area contributed by atoms with E-state index in [1.54, 1.807) is 25.1 Å². The molecule has 1 heterocycles. The predicted octanol–water partition coefficient (Wildman–Crippen LogP) is 3.71. The molecule has 1 aromatic carbocycles. The van der Waals surface area contributed by atoms with Crippen molar-refractivity contribution in [2.75, 3.05) is 11.9 Å². The number of benzene rings is 1. The standard InChI is InChI=1S/C15H18FN3O/c1-4-13-18-14(17-5-2)9-15(19-13)20-11-7-6-10(3)12(16)8-11/h6-9H,4-5H2,1-3H3,(H,17,18,19). The van der Waals surface area contributed by atoms with E-state index < -0.39 is 0 Å². The summed E-state index contributed by atoms with van der Waals surface area (Å²) in [5.41, 5.74) is 0.586. The molecule has 0 unspecified atom stereocenters. The number of aryl methyl sites for hydroxylation is 2. The molecular formula is C15H18FN3O. The van der Waals surface area contributed by atoms with E-state index in [9.17, 15) is 4.39 Å². The Labute approximate surface area is 118 Å². The maximum atomic E-state index is 13.5. The zero-order valence-electron chi connectivity index (χ0n) is 11.9. The normalized spacial score (nSPS) is 10.4. The van der Waals surface area contributed by atoms with Crippen molar-refractivity contribution in [2.24, 2.45) is 0 Å². The van der Waals surface area contributed by atoms with E-state index in [4.69, 9.17) is 4.74 Å². The van der Waals surface area contributed by atoms with Crippen molar-refractivity contribution < 1.29 is 9.13 Å². The summed E-state index contributed by atoms with van der Waals surface area (Å²) in [7, 11) is 0. The lowest BCUT2D eigenvalue weighted by Gasteiger charge is -2.09. The van der Waals surface area contributed by atoms with Gasteiger partial charge in [-0.2, -0.15) is 4.98 Å². The summed E-state index contributed by atoms with van der Waals surface area (Å²) >= 11 is 0. The van der Waals surface area contributed by atoms with Gasteiger partial charge in [0.1, 0.15) is 23.2 Å². The first kappa shape index (κ1) is 14.2. The quantitative estimate of drug-likeness (QED) is 0.903. The molecule has 0 fully saturated rings. The summed E-state index contributed by atoms with van der Waals surface area (Å²) in [4.78, 5) is 8.62. The van der Waals surface area contributed by atoms with E-state index in [2.05, 4.69) is 15.3 Å². The van der Waals surface area contributed by atoms with Gasteiger partial charge in [-0.05, 0) is 25.5 Å². The lowest BCUT2D eigenvalue weighted by atomic mass is 10.2. The second-order valence-corrected chi connectivity index (χ2v) is 4.40. The third-order valence-corrected chi connectivity index (χ3v) is 2.79. The molecule has 0 atom stereocenters. The van der Waals surface area contributed by atoms with Crippen LogP contribution in [0, 0.1) is 12.7 Å². The molecule has 0 amide bonds. The Morgan fingerprint density at radius 2 is 2.00 bits per heavy atom. The van der Waals surface area contributed by atoms with Gasteiger partial charge >= 0.3 is 0 Å². The van der Waals surface area contributed by atoms with Gasteiger partial charge in [-0.25, -0.2) is 9.37 Å². The highest BCUT2D eigenvalue weighted by molar-refractivity contribution is 5.40. The summed E-state index contributed by atoms with van der Waals surface area (Å²) < 4.78 is 19.1. The van der Waals surface area contributed by atoms with Gasteiger partial charge in [0.05, 0.1) is 0 Å². The molecule has 1 N–H and O–H groups in total. The molecule has 0 bridgehead atoms. The molecule has 0 saturated heterocycles. The first-order valence-electron chi connectivity index (χ1n) is 6.68. The molecular weight excluding hydrogens is 257 g/mol. The van der Waals surface area contributed by atoms with Crippen molar-refractivity contribution >= 4 is 5.82 Å². The average Bonchev–Trinajstić information content (AvgIpc) is 2.43. The zero-order chi connectivity index (χ0) is 14.5. The molecule has 20 heavy (non-hydrogen) atoms. The molecule has 0 aliphatic carbocycles. The molecule has 0 saturated carbocycles. The number of halogens is 1. The predicted molar refractivity (Wildman–Crippen MR) is 76.8 cm³/mol. The third kappa shape index (κ3) is 3.44. The van der Waals surface area contributed by atoms with Crippen LogP contribution in [0.15, 0.2) is 24.3 Å². The van der Waals surface area contributed by atoms with Crippen LogP contribution in [0.5, 0.6) is 11.6 Å². The molecule has 0 spiro atoms. The van der Waals surface area contributed by atoms with Gasteiger partial charge in [0, 0.05) is 25.1 Å². The van der Waals surface area contributed by atoms with E-state index in [0.717, 1.165) is 6.54 Å². The fourth-order valence-corrected chi connectivity index (χ4v) is 1.71. The zero-order valence-corrected chi connectivity index (χ0v) is 11.9. The van der Waals surface area contributed by atoms with E-state index in [1.165, 1.54) is 6.07 Å². The summed E-state index contributed by atoms with van der Waals surface area (Å²) in [6, 6.07) is 6.47. The smallest absolute Gasteiger partial charge is 0.224 e. The van der Waals surface area contributed by atoms with Gasteiger partial charge in [0.2, 0.25) is 5.88 Å². The SMILES string of the molecule is CCNc1cc(Oc2ccc(C)c(F)c2)nc(CC)n1. The Balaban J connectivity index is 2.27. The fraction of sp³-hybridized carbons (Fsp3) is 0.333. The number of aromatic nitrogens is 2. The molecule has 1 aromatic heterocycles. The van der Waals surface area contributed by atoms with Crippen molar-refractivity contribution in [3.8, 4) is 11.6 Å². The number of ether oxygens (including phenoxy) is 1. The Bertz CT molecular complexity index is 602. The largest absolute Gasteiger partial charge is 0.439 e. The number of nitrogens with one attached hydrogen (secondary N) is 1. The van der Waals surface area contributed by atoms with Crippen molar-refractivity contribution in [3.63, 3.8) is 0 Å². The number of hydrogen-bond donors (Lipinski definition) is 1. The molecule has 5 heteroatoms. The lowest BCUT2D eigenvalue weighted by Crippen LogP contribution is -2.04. The molecule has 0 aliphatic heterocycles. The maximum Gasteiger partial charge on any atom is 0.224 e. The molecule has 0 radical (unpaired) electrons. The van der Waals surface area contributed by atoms with E-state index in [0.29, 0.717) is 35.3 Å². The van der Waals surface area contributed by atoms with E-state index >= 15 is 0 Å². The van der Waals surface area contributed by atoms with Crippen LogP contribution >= 0.6 is 0 Å². The minimum atomic E-state index is -0.292. The molecule has 0 aliphatic rings. The molecule has 4 nitrogen and oxygen atoms in total. The lowest BCUT2D eigenvalue weighted by molar-refractivity contribution is 0.454. The Hall–Kier alpha value is -2.17. The first-order chi connectivity index (χ1) is 9.62. The van der Waals surface area contributed by atoms with Gasteiger partial charge in [0.15, 0.2) is 0 Å². The Morgan fingerprint density at radius 1 is 1.20 bits per heavy atom. The van der Waals surface area contributed by atoms with Crippen LogP contribution in [0.1, 0.15) is 25.2 Å². The summed E-state index contributed by atoms with van der Waals surface area (Å²) in [5.74, 6) is 1.94. The first-order valence-corrected chi connectivity index (χ1v) is 6.68. The summed E-state index contributed by atoms with van der Waals surface area (Å²) in [5, 5.41) is 3.12. The van der Waals surface area contributed by atoms with Gasteiger partial charge in [-0.3, -0.25) is 0 Å². The maximum absolute atomic E-state index is 13.5. The van der Waals surface area contributed by atoms with E-state index in [-0.39, 0.29) is 5.82 Å². The van der Waals surface area contributed by atoms with Crippen LogP contribution in [-0.4, -0.2) is 16.5 Å². The van der Waals surface area contributed by atoms with Gasteiger partial charge in [-0.15, -0.1) is 0 Å². The Kier molecular flexibility index (Phi) is 4.50. The summed E-state index contributed by atoms with van der Waals surface area (Å²) in [6.07, 6.45) is 0.706. The van der Waals surface area contributed by atoms with Gasteiger partial charge in [0.25, 0.3) is 0 Å². The van der Waals surface area contributed by atoms with Gasteiger partial charge < -0.3 is 10.1 Å².